The molecule has 72 valence electrons. The highest BCUT2D eigenvalue weighted by molar-refractivity contribution is 7.07. The summed E-state index contributed by atoms with van der Waals surface area (Å²) in [5, 5.41) is 2.46. The topological polar surface area (TPSA) is 73.3 Å². The third-order valence-corrected chi connectivity index (χ3v) is 1.62. The minimum Gasteiger partial charge on any atom is -0.463 e. The number of amides is 1. The van der Waals surface area contributed by atoms with E-state index in [2.05, 4.69) is 14.7 Å². The molecule has 0 unspecified atom stereocenters. The molecule has 0 fully saturated rings. The van der Waals surface area contributed by atoms with Crippen molar-refractivity contribution in [2.24, 2.45) is 0 Å². The number of nitrogens with one attached hydrogen (secondary N) is 1. The van der Waals surface area contributed by atoms with Crippen LogP contribution in [0.5, 0.6) is 11.2 Å². The molecule has 13 heavy (non-hydrogen) atoms. The van der Waals surface area contributed by atoms with E-state index in [0.29, 0.717) is 6.61 Å². The standard InChI is InChI=1S/C6H9N3O3S/c1-3-11-4-8-6(13-9-4)12-5(10)7-2/h3H2,1-2H3,(H,7,10). The maximum absolute atomic E-state index is 10.7. The Bertz CT molecular complexity index is 288. The lowest BCUT2D eigenvalue weighted by Crippen LogP contribution is -2.21. The van der Waals surface area contributed by atoms with Crippen molar-refractivity contribution < 1.29 is 14.3 Å². The molecule has 0 bridgehead atoms. The summed E-state index contributed by atoms with van der Waals surface area (Å²) < 4.78 is 13.5. The molecule has 0 saturated carbocycles. The zero-order valence-electron chi connectivity index (χ0n) is 7.23. The van der Waals surface area contributed by atoms with Crippen molar-refractivity contribution in [3.05, 3.63) is 0 Å². The van der Waals surface area contributed by atoms with E-state index in [1.165, 1.54) is 7.05 Å². The predicted octanol–water partition coefficient (Wildman–Crippen LogP) is 0.655. The fraction of sp³-hybridized carbons (Fsp3) is 0.500. The van der Waals surface area contributed by atoms with Crippen LogP contribution >= 0.6 is 11.5 Å². The predicted molar refractivity (Wildman–Crippen MR) is 46.2 cm³/mol. The summed E-state index contributed by atoms with van der Waals surface area (Å²) in [7, 11) is 1.47. The lowest BCUT2D eigenvalue weighted by atomic mass is 10.9. The van der Waals surface area contributed by atoms with Gasteiger partial charge in [-0.05, 0) is 6.92 Å². The zero-order chi connectivity index (χ0) is 9.68. The molecule has 1 heterocycles. The fourth-order valence-electron chi connectivity index (χ4n) is 0.557. The molecule has 0 aliphatic rings. The number of hydrogen-bond acceptors (Lipinski definition) is 6. The van der Waals surface area contributed by atoms with Crippen LogP contribution in [0.25, 0.3) is 0 Å². The Morgan fingerprint density at radius 1 is 1.69 bits per heavy atom. The molecule has 0 atom stereocenters. The van der Waals surface area contributed by atoms with Crippen molar-refractivity contribution in [3.8, 4) is 11.2 Å². The normalized spacial score (nSPS) is 9.38. The van der Waals surface area contributed by atoms with E-state index in [4.69, 9.17) is 9.47 Å². The van der Waals surface area contributed by atoms with Gasteiger partial charge >= 0.3 is 17.3 Å². The van der Waals surface area contributed by atoms with Crippen LogP contribution in [0.3, 0.4) is 0 Å². The molecule has 0 aromatic carbocycles. The van der Waals surface area contributed by atoms with E-state index in [9.17, 15) is 4.79 Å². The number of rotatable bonds is 3. The number of aromatic nitrogens is 2. The molecular weight excluding hydrogens is 194 g/mol. The first-order chi connectivity index (χ1) is 6.26. The molecule has 0 spiro atoms. The second-order valence-electron chi connectivity index (χ2n) is 1.92. The van der Waals surface area contributed by atoms with Crippen LogP contribution in [-0.4, -0.2) is 29.1 Å². The van der Waals surface area contributed by atoms with Crippen LogP contribution in [0.1, 0.15) is 6.92 Å². The second-order valence-corrected chi connectivity index (χ2v) is 2.63. The van der Waals surface area contributed by atoms with Crippen molar-refractivity contribution in [3.63, 3.8) is 0 Å². The maximum Gasteiger partial charge on any atom is 0.414 e. The molecule has 0 aliphatic heterocycles. The molecule has 7 heteroatoms. The van der Waals surface area contributed by atoms with Crippen LogP contribution in [0, 0.1) is 0 Å². The summed E-state index contributed by atoms with van der Waals surface area (Å²) >= 11 is 0.964. The van der Waals surface area contributed by atoms with Crippen molar-refractivity contribution in [1.82, 2.24) is 14.7 Å². The van der Waals surface area contributed by atoms with Gasteiger partial charge in [0.1, 0.15) is 0 Å². The molecule has 1 N–H and O–H groups in total. The average Bonchev–Trinajstić information content (AvgIpc) is 2.53. The summed E-state index contributed by atoms with van der Waals surface area (Å²) in [5.41, 5.74) is 0. The number of carbonyl (C=O) groups is 1. The number of nitrogens with zero attached hydrogens (tertiary/aromatic N) is 2. The van der Waals surface area contributed by atoms with Crippen LogP contribution in [0.4, 0.5) is 4.79 Å². The Balaban J connectivity index is 2.53. The molecular formula is C6H9N3O3S. The molecule has 0 aliphatic carbocycles. The lowest BCUT2D eigenvalue weighted by molar-refractivity contribution is 0.202. The van der Waals surface area contributed by atoms with E-state index in [0.717, 1.165) is 11.5 Å². The van der Waals surface area contributed by atoms with Gasteiger partial charge in [-0.2, -0.15) is 0 Å². The quantitative estimate of drug-likeness (QED) is 0.781. The first-order valence-electron chi connectivity index (χ1n) is 3.62. The summed E-state index contributed by atoms with van der Waals surface area (Å²) in [6, 6.07) is 0.228. The third-order valence-electron chi connectivity index (χ3n) is 1.05. The first-order valence-corrected chi connectivity index (χ1v) is 4.39. The number of hydrogen-bond donors (Lipinski definition) is 1. The van der Waals surface area contributed by atoms with Crippen molar-refractivity contribution in [2.75, 3.05) is 13.7 Å². The van der Waals surface area contributed by atoms with Crippen LogP contribution in [0.2, 0.25) is 0 Å². The highest BCUT2D eigenvalue weighted by Crippen LogP contribution is 2.18. The molecule has 6 nitrogen and oxygen atoms in total. The highest BCUT2D eigenvalue weighted by atomic mass is 32.1. The minimum atomic E-state index is -0.570. The Morgan fingerprint density at radius 2 is 2.46 bits per heavy atom. The van der Waals surface area contributed by atoms with Gasteiger partial charge in [0.15, 0.2) is 0 Å². The molecule has 1 aromatic rings. The lowest BCUT2D eigenvalue weighted by Gasteiger charge is -1.95. The average molecular weight is 203 g/mol. The van der Waals surface area contributed by atoms with Gasteiger partial charge in [-0.3, -0.25) is 0 Å². The minimum absolute atomic E-state index is 0.169. The zero-order valence-corrected chi connectivity index (χ0v) is 8.05. The highest BCUT2D eigenvalue weighted by Gasteiger charge is 2.08. The van der Waals surface area contributed by atoms with Gasteiger partial charge in [0, 0.05) is 18.6 Å². The van der Waals surface area contributed by atoms with Crippen molar-refractivity contribution in [2.45, 2.75) is 6.92 Å². The molecule has 0 radical (unpaired) electrons. The summed E-state index contributed by atoms with van der Waals surface area (Å²) in [6.07, 6.45) is -0.570. The smallest absolute Gasteiger partial charge is 0.414 e. The Labute approximate surface area is 79.1 Å². The van der Waals surface area contributed by atoms with Gasteiger partial charge in [0.05, 0.1) is 6.61 Å². The number of ether oxygens (including phenoxy) is 2. The Hall–Kier alpha value is -1.37. The summed E-state index contributed by atoms with van der Waals surface area (Å²) in [6.45, 7) is 2.30. The summed E-state index contributed by atoms with van der Waals surface area (Å²) in [5.74, 6) is 0. The molecule has 0 saturated heterocycles. The summed E-state index contributed by atoms with van der Waals surface area (Å²) in [4.78, 5) is 14.5. The van der Waals surface area contributed by atoms with Gasteiger partial charge in [-0.1, -0.05) is 0 Å². The van der Waals surface area contributed by atoms with E-state index >= 15 is 0 Å². The first kappa shape index (κ1) is 9.72. The Kier molecular flexibility index (Phi) is 3.44. The second kappa shape index (κ2) is 4.61. The Morgan fingerprint density at radius 3 is 3.08 bits per heavy atom. The molecule has 1 rings (SSSR count). The van der Waals surface area contributed by atoms with Crippen LogP contribution < -0.4 is 14.8 Å². The van der Waals surface area contributed by atoms with Crippen LogP contribution in [-0.2, 0) is 0 Å². The van der Waals surface area contributed by atoms with E-state index < -0.39 is 6.09 Å². The maximum atomic E-state index is 10.7. The van der Waals surface area contributed by atoms with Crippen molar-refractivity contribution in [1.29, 1.82) is 0 Å². The van der Waals surface area contributed by atoms with Crippen molar-refractivity contribution >= 4 is 17.6 Å². The van der Waals surface area contributed by atoms with E-state index in [1.807, 2.05) is 6.92 Å². The fourth-order valence-corrected chi connectivity index (χ4v) is 1.04. The third kappa shape index (κ3) is 2.86. The van der Waals surface area contributed by atoms with E-state index in [-0.39, 0.29) is 11.2 Å². The van der Waals surface area contributed by atoms with Gasteiger partial charge in [0.25, 0.3) is 0 Å². The molecule has 1 amide bonds. The van der Waals surface area contributed by atoms with Crippen LogP contribution in [0.15, 0.2) is 0 Å². The van der Waals surface area contributed by atoms with Gasteiger partial charge < -0.3 is 14.8 Å². The number of carbonyl (C=O) groups excluding carboxylic acids is 1. The largest absolute Gasteiger partial charge is 0.463 e. The van der Waals surface area contributed by atoms with Gasteiger partial charge in [0.2, 0.25) is 0 Å². The van der Waals surface area contributed by atoms with Gasteiger partial charge in [-0.15, -0.1) is 9.36 Å². The monoisotopic (exact) mass is 203 g/mol. The molecule has 1 aromatic heterocycles. The van der Waals surface area contributed by atoms with E-state index in [1.54, 1.807) is 0 Å². The SMILES string of the molecule is CCOc1nsc(OC(=O)NC)n1. The van der Waals surface area contributed by atoms with Gasteiger partial charge in [-0.25, -0.2) is 4.79 Å².